The smallest absolute Gasteiger partial charge is 0.430 e. The SMILES string of the molecule is O=C([O-])C(F)(F)F.c1ccc2c(c1)CC[NH2+]C2. The Morgan fingerprint density at radius 2 is 1.76 bits per heavy atom. The zero-order chi connectivity index (χ0) is 12.9. The van der Waals surface area contributed by atoms with E-state index in [0.29, 0.717) is 0 Å². The number of fused-ring (bicyclic) bond motifs is 1. The summed E-state index contributed by atoms with van der Waals surface area (Å²) < 4.78 is 31.5. The summed E-state index contributed by atoms with van der Waals surface area (Å²) in [6, 6.07) is 8.72. The maximum atomic E-state index is 10.5. The van der Waals surface area contributed by atoms with E-state index in [4.69, 9.17) is 9.90 Å². The molecule has 0 radical (unpaired) electrons. The lowest BCUT2D eigenvalue weighted by Crippen LogP contribution is -2.84. The van der Waals surface area contributed by atoms with Crippen molar-refractivity contribution in [1.82, 2.24) is 0 Å². The summed E-state index contributed by atoms with van der Waals surface area (Å²) in [7, 11) is 0. The highest BCUT2D eigenvalue weighted by atomic mass is 19.4. The molecule has 0 atom stereocenters. The molecule has 0 saturated heterocycles. The minimum atomic E-state index is -5.19. The molecule has 0 saturated carbocycles. The van der Waals surface area contributed by atoms with Crippen molar-refractivity contribution in [2.24, 2.45) is 0 Å². The van der Waals surface area contributed by atoms with Crippen LogP contribution in [-0.4, -0.2) is 18.7 Å². The molecule has 0 aromatic heterocycles. The van der Waals surface area contributed by atoms with Crippen LogP contribution in [0.1, 0.15) is 11.1 Å². The van der Waals surface area contributed by atoms with Gasteiger partial charge in [0.1, 0.15) is 12.5 Å². The number of carboxylic acids is 1. The van der Waals surface area contributed by atoms with Crippen LogP contribution in [0, 0.1) is 0 Å². The molecule has 3 nitrogen and oxygen atoms in total. The van der Waals surface area contributed by atoms with E-state index in [1.54, 1.807) is 5.56 Å². The molecule has 17 heavy (non-hydrogen) atoms. The Balaban J connectivity index is 0.000000185. The number of aliphatic carboxylic acids is 1. The molecule has 2 rings (SSSR count). The lowest BCUT2D eigenvalue weighted by Gasteiger charge is -2.12. The second kappa shape index (κ2) is 5.67. The van der Waals surface area contributed by atoms with Gasteiger partial charge < -0.3 is 15.2 Å². The van der Waals surface area contributed by atoms with Crippen molar-refractivity contribution < 1.29 is 28.4 Å². The van der Waals surface area contributed by atoms with Gasteiger partial charge in [-0.05, 0) is 5.56 Å². The van der Waals surface area contributed by atoms with Crippen molar-refractivity contribution in [3.05, 3.63) is 35.4 Å². The van der Waals surface area contributed by atoms with Crippen LogP contribution in [0.2, 0.25) is 0 Å². The minimum absolute atomic E-state index is 1.18. The number of alkyl halides is 3. The number of hydrogen-bond donors (Lipinski definition) is 1. The van der Waals surface area contributed by atoms with Gasteiger partial charge in [0, 0.05) is 12.0 Å². The first kappa shape index (κ1) is 13.5. The molecule has 1 aliphatic rings. The third-order valence-electron chi connectivity index (χ3n) is 2.33. The molecule has 0 amide bonds. The van der Waals surface area contributed by atoms with Gasteiger partial charge in [0.2, 0.25) is 0 Å². The molecule has 1 heterocycles. The number of carbonyl (C=O) groups excluding carboxylic acids is 1. The molecule has 0 aliphatic carbocycles. The van der Waals surface area contributed by atoms with Crippen LogP contribution in [-0.2, 0) is 17.8 Å². The van der Waals surface area contributed by atoms with Crippen LogP contribution >= 0.6 is 0 Å². The largest absolute Gasteiger partial charge is 0.542 e. The zero-order valence-corrected chi connectivity index (χ0v) is 8.96. The summed E-state index contributed by atoms with van der Waals surface area (Å²) in [6.45, 7) is 2.44. The summed E-state index contributed by atoms with van der Waals surface area (Å²) >= 11 is 0. The maximum absolute atomic E-state index is 10.5. The Kier molecular flexibility index (Phi) is 4.51. The lowest BCUT2D eigenvalue weighted by atomic mass is 10.0. The quantitative estimate of drug-likeness (QED) is 0.678. The summed E-state index contributed by atoms with van der Waals surface area (Å²) in [5.74, 6) is -3.01. The van der Waals surface area contributed by atoms with Crippen molar-refractivity contribution in [3.63, 3.8) is 0 Å². The summed E-state index contributed by atoms with van der Waals surface area (Å²) in [6.07, 6.45) is -3.95. The van der Waals surface area contributed by atoms with E-state index in [1.165, 1.54) is 25.1 Å². The topological polar surface area (TPSA) is 56.7 Å². The van der Waals surface area contributed by atoms with Crippen LogP contribution in [0.5, 0.6) is 0 Å². The first-order valence-electron chi connectivity index (χ1n) is 5.08. The van der Waals surface area contributed by atoms with Crippen LogP contribution in [0.4, 0.5) is 13.2 Å². The number of carboxylic acid groups (broad SMARTS) is 1. The van der Waals surface area contributed by atoms with Gasteiger partial charge in [-0.3, -0.25) is 0 Å². The third-order valence-corrected chi connectivity index (χ3v) is 2.33. The molecular weight excluding hydrogens is 235 g/mol. The van der Waals surface area contributed by atoms with Crippen LogP contribution in [0.15, 0.2) is 24.3 Å². The van der Waals surface area contributed by atoms with E-state index < -0.39 is 12.1 Å². The Morgan fingerprint density at radius 1 is 1.24 bits per heavy atom. The Labute approximate surface area is 96.3 Å². The highest BCUT2D eigenvalue weighted by Crippen LogP contribution is 2.11. The number of hydrogen-bond acceptors (Lipinski definition) is 2. The average molecular weight is 247 g/mol. The maximum Gasteiger partial charge on any atom is 0.430 e. The highest BCUT2D eigenvalue weighted by molar-refractivity contribution is 5.70. The normalized spacial score (nSPS) is 14.3. The first-order valence-corrected chi connectivity index (χ1v) is 5.08. The summed E-state index contributed by atoms with van der Waals surface area (Å²) in [5.41, 5.74) is 3.07. The standard InChI is InChI=1S/C9H11N.C2HF3O2/c1-2-4-9-7-10-6-5-8(9)3-1;3-2(4,5)1(6)7/h1-4,10H,5-7H2;(H,6,7). The molecule has 1 aromatic rings. The molecule has 2 N–H and O–H groups in total. The van der Waals surface area contributed by atoms with Gasteiger partial charge in [-0.2, -0.15) is 13.2 Å². The van der Waals surface area contributed by atoms with Crippen LogP contribution < -0.4 is 10.4 Å². The molecule has 0 spiro atoms. The van der Waals surface area contributed by atoms with Gasteiger partial charge in [-0.15, -0.1) is 0 Å². The van der Waals surface area contributed by atoms with Gasteiger partial charge in [-0.1, -0.05) is 24.3 Å². The van der Waals surface area contributed by atoms with Crippen molar-refractivity contribution in [1.29, 1.82) is 0 Å². The number of benzene rings is 1. The zero-order valence-electron chi connectivity index (χ0n) is 8.96. The van der Waals surface area contributed by atoms with E-state index in [1.807, 2.05) is 0 Å². The third kappa shape index (κ3) is 4.44. The average Bonchev–Trinajstić information content (AvgIpc) is 2.29. The van der Waals surface area contributed by atoms with E-state index >= 15 is 0 Å². The number of nitrogens with two attached hydrogens (primary N) is 1. The lowest BCUT2D eigenvalue weighted by molar-refractivity contribution is -0.673. The Hall–Kier alpha value is -1.56. The van der Waals surface area contributed by atoms with Crippen LogP contribution in [0.3, 0.4) is 0 Å². The van der Waals surface area contributed by atoms with Gasteiger partial charge in [0.15, 0.2) is 0 Å². The van der Waals surface area contributed by atoms with Gasteiger partial charge >= 0.3 is 6.18 Å². The predicted molar refractivity (Wildman–Crippen MR) is 51.7 cm³/mol. The molecule has 0 unspecified atom stereocenters. The van der Waals surface area contributed by atoms with E-state index in [2.05, 4.69) is 29.6 Å². The fourth-order valence-electron chi connectivity index (χ4n) is 1.52. The second-order valence-corrected chi connectivity index (χ2v) is 3.59. The van der Waals surface area contributed by atoms with E-state index in [0.717, 1.165) is 0 Å². The number of halogens is 3. The van der Waals surface area contributed by atoms with E-state index in [-0.39, 0.29) is 0 Å². The van der Waals surface area contributed by atoms with E-state index in [9.17, 15) is 13.2 Å². The van der Waals surface area contributed by atoms with Crippen molar-refractivity contribution in [2.45, 2.75) is 19.1 Å². The van der Waals surface area contributed by atoms with Crippen molar-refractivity contribution >= 4 is 5.97 Å². The van der Waals surface area contributed by atoms with Crippen LogP contribution in [0.25, 0.3) is 0 Å². The van der Waals surface area contributed by atoms with Gasteiger partial charge in [-0.25, -0.2) is 0 Å². The molecular formula is C11H12F3NO2. The minimum Gasteiger partial charge on any atom is -0.542 e. The second-order valence-electron chi connectivity index (χ2n) is 3.59. The molecule has 1 aromatic carbocycles. The number of rotatable bonds is 0. The molecule has 0 bridgehead atoms. The summed E-state index contributed by atoms with van der Waals surface area (Å²) in [5, 5.41) is 11.1. The van der Waals surface area contributed by atoms with Crippen molar-refractivity contribution in [3.8, 4) is 0 Å². The Morgan fingerprint density at radius 3 is 2.24 bits per heavy atom. The number of quaternary nitrogens is 1. The predicted octanol–water partition coefficient (Wildman–Crippen LogP) is -0.395. The first-order chi connectivity index (χ1) is 7.91. The fraction of sp³-hybridized carbons (Fsp3) is 0.364. The number of carbonyl (C=O) groups is 1. The molecule has 0 fully saturated rings. The fourth-order valence-corrected chi connectivity index (χ4v) is 1.52. The monoisotopic (exact) mass is 247 g/mol. The van der Waals surface area contributed by atoms with Gasteiger partial charge in [0.25, 0.3) is 0 Å². The molecule has 6 heteroatoms. The highest BCUT2D eigenvalue weighted by Gasteiger charge is 2.28. The Bertz CT molecular complexity index is 366. The molecule has 1 aliphatic heterocycles. The molecule has 94 valence electrons. The summed E-state index contributed by atoms with van der Waals surface area (Å²) in [4.78, 5) is 8.78. The van der Waals surface area contributed by atoms with Crippen molar-refractivity contribution in [2.75, 3.05) is 6.54 Å². The van der Waals surface area contributed by atoms with Gasteiger partial charge in [0.05, 0.1) is 6.54 Å².